The molecular weight excluding hydrogens is 320 g/mol. The minimum atomic E-state index is -0.662. The highest BCUT2D eigenvalue weighted by atomic mass is 16.5. The van der Waals surface area contributed by atoms with Crippen LogP contribution in [0, 0.1) is 0 Å². The summed E-state index contributed by atoms with van der Waals surface area (Å²) in [6, 6.07) is 14.0. The average Bonchev–Trinajstić information content (AvgIpc) is 2.67. The molecule has 0 fully saturated rings. The molecule has 1 unspecified atom stereocenters. The quantitative estimate of drug-likeness (QED) is 0.682. The molecule has 0 saturated carbocycles. The van der Waals surface area contributed by atoms with Gasteiger partial charge >= 0.3 is 0 Å². The minimum Gasteiger partial charge on any atom is -0.496 e. The van der Waals surface area contributed by atoms with Gasteiger partial charge in [-0.2, -0.15) is 0 Å². The Morgan fingerprint density at radius 2 is 1.64 bits per heavy atom. The van der Waals surface area contributed by atoms with E-state index in [1.165, 1.54) is 0 Å². The van der Waals surface area contributed by atoms with E-state index < -0.39 is 6.04 Å². The molecule has 2 aromatic carbocycles. The highest BCUT2D eigenvalue weighted by Crippen LogP contribution is 2.27. The van der Waals surface area contributed by atoms with Crippen LogP contribution in [0.2, 0.25) is 0 Å². The van der Waals surface area contributed by atoms with Crippen LogP contribution in [0.4, 0.5) is 0 Å². The van der Waals surface area contributed by atoms with Gasteiger partial charge in [-0.05, 0) is 12.0 Å². The zero-order chi connectivity index (χ0) is 18.1. The minimum absolute atomic E-state index is 0.200. The van der Waals surface area contributed by atoms with Gasteiger partial charge in [0, 0.05) is 24.7 Å². The van der Waals surface area contributed by atoms with Crippen LogP contribution < -0.4 is 25.3 Å². The molecule has 134 valence electrons. The van der Waals surface area contributed by atoms with E-state index in [0.717, 1.165) is 5.56 Å². The summed E-state index contributed by atoms with van der Waals surface area (Å²) in [6.45, 7) is 0.942. The van der Waals surface area contributed by atoms with Gasteiger partial charge in [0.1, 0.15) is 23.3 Å². The van der Waals surface area contributed by atoms with Gasteiger partial charge in [-0.3, -0.25) is 4.79 Å². The number of methoxy groups -OCH3 is 2. The van der Waals surface area contributed by atoms with Gasteiger partial charge in [0.05, 0.1) is 20.8 Å². The summed E-state index contributed by atoms with van der Waals surface area (Å²) >= 11 is 0. The molecule has 1 atom stereocenters. The Morgan fingerprint density at radius 3 is 2.24 bits per heavy atom. The first-order valence-corrected chi connectivity index (χ1v) is 8.08. The first-order valence-electron chi connectivity index (χ1n) is 8.08. The molecule has 0 aromatic heterocycles. The molecule has 2 aromatic rings. The van der Waals surface area contributed by atoms with Crippen molar-refractivity contribution in [2.24, 2.45) is 5.73 Å². The van der Waals surface area contributed by atoms with E-state index in [9.17, 15) is 4.79 Å². The standard InChI is InChI=1S/C19H24N2O4/c1-23-15-11-16(24-2)13-17(12-15)25-10-6-9-21-19(22)18(20)14-7-4-3-5-8-14/h3-5,7-8,11-13,18H,6,9-10,20H2,1-2H3,(H,21,22). The van der Waals surface area contributed by atoms with Crippen LogP contribution >= 0.6 is 0 Å². The molecule has 0 heterocycles. The van der Waals surface area contributed by atoms with Crippen LogP contribution in [0.1, 0.15) is 18.0 Å². The number of nitrogens with two attached hydrogens (primary N) is 1. The lowest BCUT2D eigenvalue weighted by Gasteiger charge is -2.13. The first kappa shape index (κ1) is 18.6. The van der Waals surface area contributed by atoms with E-state index in [1.54, 1.807) is 32.4 Å². The molecular formula is C19H24N2O4. The second kappa shape index (κ2) is 9.54. The van der Waals surface area contributed by atoms with E-state index in [4.69, 9.17) is 19.9 Å². The van der Waals surface area contributed by atoms with Gasteiger partial charge in [-0.25, -0.2) is 0 Å². The number of carbonyl (C=O) groups excluding carboxylic acids is 1. The Kier molecular flexibility index (Phi) is 7.10. The molecule has 0 radical (unpaired) electrons. The van der Waals surface area contributed by atoms with Crippen molar-refractivity contribution < 1.29 is 19.0 Å². The number of amides is 1. The molecule has 0 aliphatic heterocycles. The lowest BCUT2D eigenvalue weighted by molar-refractivity contribution is -0.122. The number of benzene rings is 2. The number of carbonyl (C=O) groups is 1. The van der Waals surface area contributed by atoms with Gasteiger partial charge in [-0.1, -0.05) is 30.3 Å². The predicted molar refractivity (Wildman–Crippen MR) is 96.0 cm³/mol. The van der Waals surface area contributed by atoms with Crippen molar-refractivity contribution >= 4 is 5.91 Å². The second-order valence-electron chi connectivity index (χ2n) is 5.43. The summed E-state index contributed by atoms with van der Waals surface area (Å²) in [5.74, 6) is 1.78. The summed E-state index contributed by atoms with van der Waals surface area (Å²) in [5.41, 5.74) is 6.73. The van der Waals surface area contributed by atoms with E-state index >= 15 is 0 Å². The molecule has 6 heteroatoms. The smallest absolute Gasteiger partial charge is 0.241 e. The van der Waals surface area contributed by atoms with Gasteiger partial charge in [0.25, 0.3) is 0 Å². The number of hydrogen-bond acceptors (Lipinski definition) is 5. The van der Waals surface area contributed by atoms with Gasteiger partial charge < -0.3 is 25.3 Å². The normalized spacial score (nSPS) is 11.5. The molecule has 6 nitrogen and oxygen atoms in total. The summed E-state index contributed by atoms with van der Waals surface area (Å²) in [5, 5.41) is 2.82. The Bertz CT molecular complexity index is 654. The molecule has 0 aliphatic carbocycles. The Morgan fingerprint density at radius 1 is 1.04 bits per heavy atom. The highest BCUT2D eigenvalue weighted by molar-refractivity contribution is 5.82. The maximum Gasteiger partial charge on any atom is 0.241 e. The number of ether oxygens (including phenoxy) is 3. The summed E-state index contributed by atoms with van der Waals surface area (Å²) in [6.07, 6.45) is 0.659. The molecule has 0 bridgehead atoms. The Balaban J connectivity index is 1.74. The average molecular weight is 344 g/mol. The SMILES string of the molecule is COc1cc(OC)cc(OCCCNC(=O)C(N)c2ccccc2)c1. The number of hydrogen-bond donors (Lipinski definition) is 2. The summed E-state index contributed by atoms with van der Waals surface area (Å²) in [4.78, 5) is 12.0. The fraction of sp³-hybridized carbons (Fsp3) is 0.316. The largest absolute Gasteiger partial charge is 0.496 e. The maximum absolute atomic E-state index is 12.0. The topological polar surface area (TPSA) is 82.8 Å². The van der Waals surface area contributed by atoms with Crippen molar-refractivity contribution in [1.29, 1.82) is 0 Å². The van der Waals surface area contributed by atoms with Crippen molar-refractivity contribution in [2.75, 3.05) is 27.4 Å². The van der Waals surface area contributed by atoms with Crippen molar-refractivity contribution in [3.63, 3.8) is 0 Å². The van der Waals surface area contributed by atoms with Gasteiger partial charge in [0.2, 0.25) is 5.91 Å². The van der Waals surface area contributed by atoms with Crippen LogP contribution in [-0.2, 0) is 4.79 Å². The Hall–Kier alpha value is -2.73. The lowest BCUT2D eigenvalue weighted by Crippen LogP contribution is -2.35. The molecule has 1 amide bonds. The lowest BCUT2D eigenvalue weighted by atomic mass is 10.1. The molecule has 0 spiro atoms. The van der Waals surface area contributed by atoms with E-state index in [1.807, 2.05) is 30.3 Å². The van der Waals surface area contributed by atoms with Gasteiger partial charge in [-0.15, -0.1) is 0 Å². The van der Waals surface area contributed by atoms with Crippen LogP contribution in [-0.4, -0.2) is 33.3 Å². The first-order chi connectivity index (χ1) is 12.1. The molecule has 0 aliphatic rings. The third-order valence-corrected chi connectivity index (χ3v) is 3.66. The number of nitrogens with one attached hydrogen (secondary N) is 1. The molecule has 25 heavy (non-hydrogen) atoms. The summed E-state index contributed by atoms with van der Waals surface area (Å²) in [7, 11) is 3.17. The van der Waals surface area contributed by atoms with Crippen molar-refractivity contribution in [2.45, 2.75) is 12.5 Å². The maximum atomic E-state index is 12.0. The van der Waals surface area contributed by atoms with Crippen LogP contribution in [0.25, 0.3) is 0 Å². The van der Waals surface area contributed by atoms with Crippen LogP contribution in [0.5, 0.6) is 17.2 Å². The van der Waals surface area contributed by atoms with Crippen molar-refractivity contribution in [3.05, 3.63) is 54.1 Å². The van der Waals surface area contributed by atoms with Crippen molar-refractivity contribution in [1.82, 2.24) is 5.32 Å². The highest BCUT2D eigenvalue weighted by Gasteiger charge is 2.14. The van der Waals surface area contributed by atoms with E-state index in [2.05, 4.69) is 5.32 Å². The Labute approximate surface area is 147 Å². The second-order valence-corrected chi connectivity index (χ2v) is 5.43. The summed E-state index contributed by atoms with van der Waals surface area (Å²) < 4.78 is 16.1. The molecule has 2 rings (SSSR count). The monoisotopic (exact) mass is 344 g/mol. The fourth-order valence-electron chi connectivity index (χ4n) is 2.26. The third kappa shape index (κ3) is 5.69. The zero-order valence-corrected chi connectivity index (χ0v) is 14.5. The zero-order valence-electron chi connectivity index (χ0n) is 14.5. The van der Waals surface area contributed by atoms with E-state index in [0.29, 0.717) is 36.8 Å². The van der Waals surface area contributed by atoms with Crippen LogP contribution in [0.3, 0.4) is 0 Å². The molecule has 3 N–H and O–H groups in total. The fourth-order valence-corrected chi connectivity index (χ4v) is 2.26. The van der Waals surface area contributed by atoms with E-state index in [-0.39, 0.29) is 5.91 Å². The number of rotatable bonds is 9. The van der Waals surface area contributed by atoms with Crippen molar-refractivity contribution in [3.8, 4) is 17.2 Å². The van der Waals surface area contributed by atoms with Crippen LogP contribution in [0.15, 0.2) is 48.5 Å². The van der Waals surface area contributed by atoms with Gasteiger partial charge in [0.15, 0.2) is 0 Å². The predicted octanol–water partition coefficient (Wildman–Crippen LogP) is 2.29. The third-order valence-electron chi connectivity index (χ3n) is 3.66. The molecule has 0 saturated heterocycles.